The summed E-state index contributed by atoms with van der Waals surface area (Å²) < 4.78 is 1.86. The molecule has 4 heteroatoms. The maximum Gasteiger partial charge on any atom is 0.256 e. The van der Waals surface area contributed by atoms with Gasteiger partial charge in [-0.1, -0.05) is 36.6 Å². The van der Waals surface area contributed by atoms with Crippen LogP contribution in [0.2, 0.25) is 5.02 Å². The quantitative estimate of drug-likeness (QED) is 0.937. The van der Waals surface area contributed by atoms with E-state index in [9.17, 15) is 9.90 Å². The number of pyridine rings is 1. The number of hydrogen-bond donors (Lipinski definition) is 1. The standard InChI is InChI=1S/C17H18ClNO2/c18-14-8-5-12(6-9-14)16-10-7-13(11-20)17(21)19(16)15-3-1-2-4-15/h5-10,15,20H,1-4,11H2. The zero-order valence-electron chi connectivity index (χ0n) is 11.8. The van der Waals surface area contributed by atoms with E-state index < -0.39 is 0 Å². The van der Waals surface area contributed by atoms with Gasteiger partial charge in [0.15, 0.2) is 0 Å². The Morgan fingerprint density at radius 2 is 1.76 bits per heavy atom. The molecular weight excluding hydrogens is 286 g/mol. The van der Waals surface area contributed by atoms with E-state index in [2.05, 4.69) is 0 Å². The van der Waals surface area contributed by atoms with Gasteiger partial charge in [-0.15, -0.1) is 0 Å². The topological polar surface area (TPSA) is 42.2 Å². The molecule has 0 unspecified atom stereocenters. The first-order valence-corrected chi connectivity index (χ1v) is 7.69. The fraction of sp³-hybridized carbons (Fsp3) is 0.353. The molecule has 1 N–H and O–H groups in total. The number of aliphatic hydroxyl groups is 1. The van der Waals surface area contributed by atoms with Gasteiger partial charge in [-0.2, -0.15) is 0 Å². The van der Waals surface area contributed by atoms with Crippen molar-refractivity contribution in [2.45, 2.75) is 38.3 Å². The highest BCUT2D eigenvalue weighted by Gasteiger charge is 2.22. The highest BCUT2D eigenvalue weighted by molar-refractivity contribution is 6.30. The third kappa shape index (κ3) is 2.76. The fourth-order valence-electron chi connectivity index (χ4n) is 3.10. The summed E-state index contributed by atoms with van der Waals surface area (Å²) in [5.41, 5.74) is 2.27. The van der Waals surface area contributed by atoms with Crippen molar-refractivity contribution in [2.75, 3.05) is 0 Å². The molecule has 0 aliphatic heterocycles. The maximum atomic E-state index is 12.6. The minimum Gasteiger partial charge on any atom is -0.391 e. The van der Waals surface area contributed by atoms with Crippen molar-refractivity contribution in [1.29, 1.82) is 0 Å². The second-order valence-corrected chi connectivity index (χ2v) is 5.96. The lowest BCUT2D eigenvalue weighted by atomic mass is 10.1. The molecule has 21 heavy (non-hydrogen) atoms. The zero-order chi connectivity index (χ0) is 14.8. The van der Waals surface area contributed by atoms with Gasteiger partial charge in [0.1, 0.15) is 0 Å². The highest BCUT2D eigenvalue weighted by Crippen LogP contribution is 2.32. The average Bonchev–Trinajstić information content (AvgIpc) is 3.01. The number of nitrogens with zero attached hydrogens (tertiary/aromatic N) is 1. The Balaban J connectivity index is 2.17. The molecule has 1 aromatic carbocycles. The molecule has 1 aliphatic rings. The number of aliphatic hydroxyl groups excluding tert-OH is 1. The van der Waals surface area contributed by atoms with Crippen LogP contribution in [0.5, 0.6) is 0 Å². The Kier molecular flexibility index (Phi) is 4.13. The first-order chi connectivity index (χ1) is 10.2. The summed E-state index contributed by atoms with van der Waals surface area (Å²) in [5.74, 6) is 0. The summed E-state index contributed by atoms with van der Waals surface area (Å²) in [6.07, 6.45) is 4.35. The predicted molar refractivity (Wildman–Crippen MR) is 84.6 cm³/mol. The van der Waals surface area contributed by atoms with E-state index >= 15 is 0 Å². The molecule has 2 aromatic rings. The minimum atomic E-state index is -0.216. The van der Waals surface area contributed by atoms with Crippen molar-refractivity contribution in [3.05, 3.63) is 57.3 Å². The van der Waals surface area contributed by atoms with Gasteiger partial charge in [0.05, 0.1) is 12.3 Å². The zero-order valence-corrected chi connectivity index (χ0v) is 12.5. The van der Waals surface area contributed by atoms with Crippen molar-refractivity contribution in [2.24, 2.45) is 0 Å². The van der Waals surface area contributed by atoms with Crippen LogP contribution in [-0.4, -0.2) is 9.67 Å². The van der Waals surface area contributed by atoms with Crippen LogP contribution in [0, 0.1) is 0 Å². The van der Waals surface area contributed by atoms with Gasteiger partial charge in [-0.25, -0.2) is 0 Å². The minimum absolute atomic E-state index is 0.0724. The average molecular weight is 304 g/mol. The lowest BCUT2D eigenvalue weighted by molar-refractivity contribution is 0.278. The smallest absolute Gasteiger partial charge is 0.256 e. The lowest BCUT2D eigenvalue weighted by Crippen LogP contribution is -2.27. The molecule has 0 amide bonds. The van der Waals surface area contributed by atoms with Crippen LogP contribution in [0.4, 0.5) is 0 Å². The Morgan fingerprint density at radius 3 is 2.38 bits per heavy atom. The molecule has 0 atom stereocenters. The molecule has 3 rings (SSSR count). The number of hydrogen-bond acceptors (Lipinski definition) is 2. The van der Waals surface area contributed by atoms with E-state index in [1.54, 1.807) is 6.07 Å². The van der Waals surface area contributed by atoms with Gasteiger partial charge in [0, 0.05) is 16.6 Å². The molecular formula is C17H18ClNO2. The molecule has 0 bridgehead atoms. The number of aromatic nitrogens is 1. The first kappa shape index (κ1) is 14.4. The second kappa shape index (κ2) is 6.04. The third-order valence-electron chi connectivity index (χ3n) is 4.20. The number of halogens is 1. The van der Waals surface area contributed by atoms with Crippen LogP contribution in [0.15, 0.2) is 41.2 Å². The van der Waals surface area contributed by atoms with Crippen molar-refractivity contribution in [1.82, 2.24) is 4.57 Å². The molecule has 110 valence electrons. The highest BCUT2D eigenvalue weighted by atomic mass is 35.5. The van der Waals surface area contributed by atoms with Gasteiger partial charge in [0.2, 0.25) is 0 Å². The van der Waals surface area contributed by atoms with Crippen LogP contribution >= 0.6 is 11.6 Å². The monoisotopic (exact) mass is 303 g/mol. The van der Waals surface area contributed by atoms with Crippen LogP contribution < -0.4 is 5.56 Å². The Labute approximate surface area is 128 Å². The normalized spacial score (nSPS) is 15.5. The van der Waals surface area contributed by atoms with Crippen molar-refractivity contribution >= 4 is 11.6 Å². The van der Waals surface area contributed by atoms with Crippen molar-refractivity contribution in [3.63, 3.8) is 0 Å². The van der Waals surface area contributed by atoms with Gasteiger partial charge in [0.25, 0.3) is 5.56 Å². The largest absolute Gasteiger partial charge is 0.391 e. The Hall–Kier alpha value is -1.58. The predicted octanol–water partition coefficient (Wildman–Crippen LogP) is 3.78. The third-order valence-corrected chi connectivity index (χ3v) is 4.45. The molecule has 0 radical (unpaired) electrons. The summed E-state index contributed by atoms with van der Waals surface area (Å²) in [6.45, 7) is -0.216. The van der Waals surface area contributed by atoms with Crippen LogP contribution in [-0.2, 0) is 6.61 Å². The molecule has 0 saturated heterocycles. The van der Waals surface area contributed by atoms with E-state index in [4.69, 9.17) is 11.6 Å². The van der Waals surface area contributed by atoms with Gasteiger partial charge >= 0.3 is 0 Å². The van der Waals surface area contributed by atoms with E-state index in [1.165, 1.54) is 0 Å². The fourth-order valence-corrected chi connectivity index (χ4v) is 3.22. The molecule has 1 aliphatic carbocycles. The summed E-state index contributed by atoms with van der Waals surface area (Å²) in [6, 6.07) is 11.4. The van der Waals surface area contributed by atoms with Crippen LogP contribution in [0.1, 0.15) is 37.3 Å². The molecule has 3 nitrogen and oxygen atoms in total. The summed E-state index contributed by atoms with van der Waals surface area (Å²) in [4.78, 5) is 12.6. The van der Waals surface area contributed by atoms with Crippen LogP contribution in [0.3, 0.4) is 0 Å². The Bertz CT molecular complexity index is 685. The molecule has 1 saturated carbocycles. The molecule has 1 aromatic heterocycles. The lowest BCUT2D eigenvalue weighted by Gasteiger charge is -2.20. The van der Waals surface area contributed by atoms with Crippen molar-refractivity contribution < 1.29 is 5.11 Å². The maximum absolute atomic E-state index is 12.6. The van der Waals surface area contributed by atoms with E-state index in [0.717, 1.165) is 36.9 Å². The first-order valence-electron chi connectivity index (χ1n) is 7.32. The SMILES string of the molecule is O=c1c(CO)ccc(-c2ccc(Cl)cc2)n1C1CCCC1. The molecule has 1 fully saturated rings. The number of rotatable bonds is 3. The molecule has 1 heterocycles. The van der Waals surface area contributed by atoms with E-state index in [0.29, 0.717) is 10.6 Å². The van der Waals surface area contributed by atoms with Gasteiger partial charge in [-0.05, 0) is 42.7 Å². The van der Waals surface area contributed by atoms with Gasteiger partial charge < -0.3 is 9.67 Å². The second-order valence-electron chi connectivity index (χ2n) is 5.52. The Morgan fingerprint density at radius 1 is 1.10 bits per heavy atom. The summed E-state index contributed by atoms with van der Waals surface area (Å²) >= 11 is 5.94. The van der Waals surface area contributed by atoms with E-state index in [1.807, 2.05) is 34.9 Å². The summed E-state index contributed by atoms with van der Waals surface area (Å²) in [5, 5.41) is 10.0. The number of benzene rings is 1. The summed E-state index contributed by atoms with van der Waals surface area (Å²) in [7, 11) is 0. The van der Waals surface area contributed by atoms with Crippen molar-refractivity contribution in [3.8, 4) is 11.3 Å². The van der Waals surface area contributed by atoms with E-state index in [-0.39, 0.29) is 18.2 Å². The molecule has 0 spiro atoms. The van der Waals surface area contributed by atoms with Gasteiger partial charge in [-0.3, -0.25) is 4.79 Å². The van der Waals surface area contributed by atoms with Crippen LogP contribution in [0.25, 0.3) is 11.3 Å².